The Morgan fingerprint density at radius 3 is 2.79 bits per heavy atom. The molecule has 0 amide bonds. The first-order chi connectivity index (χ1) is 11.5. The summed E-state index contributed by atoms with van der Waals surface area (Å²) in [5.74, 6) is -0.154. The molecule has 3 N–H and O–H groups in total. The lowest BCUT2D eigenvalue weighted by atomic mass is 9.86. The van der Waals surface area contributed by atoms with Gasteiger partial charge in [-0.1, -0.05) is 31.9 Å². The summed E-state index contributed by atoms with van der Waals surface area (Å²) in [6, 6.07) is 0. The lowest BCUT2D eigenvalue weighted by Gasteiger charge is -2.22. The molecule has 0 radical (unpaired) electrons. The fourth-order valence-corrected chi connectivity index (χ4v) is 3.56. The molecule has 0 aromatic rings. The van der Waals surface area contributed by atoms with Gasteiger partial charge in [0.15, 0.2) is 0 Å². The quantitative estimate of drug-likeness (QED) is 0.353. The number of ether oxygens (including phenoxy) is 1. The van der Waals surface area contributed by atoms with Gasteiger partial charge in [-0.15, -0.1) is 0 Å². The number of aliphatic hydroxyl groups excluding tert-OH is 2. The van der Waals surface area contributed by atoms with Crippen LogP contribution in [0.1, 0.15) is 64.7 Å². The number of carboxylic acids is 1. The van der Waals surface area contributed by atoms with Crippen LogP contribution in [-0.4, -0.2) is 46.7 Å². The van der Waals surface area contributed by atoms with Crippen LogP contribution in [0.3, 0.4) is 0 Å². The van der Waals surface area contributed by atoms with Gasteiger partial charge >= 0.3 is 5.97 Å². The van der Waals surface area contributed by atoms with Crippen molar-refractivity contribution in [1.29, 1.82) is 0 Å². The number of hydrogen-bond donors (Lipinski definition) is 3. The Hall–Kier alpha value is -0.910. The molecule has 5 nitrogen and oxygen atoms in total. The van der Waals surface area contributed by atoms with E-state index in [2.05, 4.69) is 6.92 Å². The van der Waals surface area contributed by atoms with E-state index in [0.717, 1.165) is 57.8 Å². The van der Waals surface area contributed by atoms with Crippen molar-refractivity contribution in [2.24, 2.45) is 11.8 Å². The molecule has 1 unspecified atom stereocenters. The third-order valence-electron chi connectivity index (χ3n) is 4.88. The van der Waals surface area contributed by atoms with Gasteiger partial charge in [0.05, 0.1) is 12.2 Å². The van der Waals surface area contributed by atoms with Crippen molar-refractivity contribution in [2.75, 3.05) is 13.2 Å². The second-order valence-corrected chi connectivity index (χ2v) is 6.87. The van der Waals surface area contributed by atoms with Crippen LogP contribution in [0.2, 0.25) is 0 Å². The van der Waals surface area contributed by atoms with E-state index in [0.29, 0.717) is 18.4 Å². The molecule has 4 atom stereocenters. The minimum atomic E-state index is -0.937. The smallest absolute Gasteiger partial charge is 0.329 e. The highest BCUT2D eigenvalue weighted by Gasteiger charge is 2.34. The van der Waals surface area contributed by atoms with E-state index in [1.165, 1.54) is 0 Å². The van der Waals surface area contributed by atoms with E-state index in [1.54, 1.807) is 0 Å². The standard InChI is InChI=1S/C19H34O5/c1-2-3-4-7-16(20)11-9-15-10-12-18(21)17(15)8-5-6-13-24-14-19(22)23/h4,7,15-18,20-21H,2-3,5-6,8-14H2,1H3,(H,22,23)/t15-,16?,17+,18-/m0/s1. The monoisotopic (exact) mass is 342 g/mol. The van der Waals surface area contributed by atoms with Crippen LogP contribution in [0.15, 0.2) is 12.2 Å². The van der Waals surface area contributed by atoms with Crippen molar-refractivity contribution >= 4 is 5.97 Å². The van der Waals surface area contributed by atoms with E-state index in [4.69, 9.17) is 9.84 Å². The van der Waals surface area contributed by atoms with Gasteiger partial charge in [0.2, 0.25) is 0 Å². The van der Waals surface area contributed by atoms with Crippen LogP contribution < -0.4 is 0 Å². The van der Waals surface area contributed by atoms with Crippen LogP contribution >= 0.6 is 0 Å². The fourth-order valence-electron chi connectivity index (χ4n) is 3.56. The number of rotatable bonds is 13. The van der Waals surface area contributed by atoms with Crippen molar-refractivity contribution < 1.29 is 24.9 Å². The molecule has 1 rings (SSSR count). The maximum Gasteiger partial charge on any atom is 0.329 e. The van der Waals surface area contributed by atoms with Crippen LogP contribution in [-0.2, 0) is 9.53 Å². The normalized spacial score (nSPS) is 25.4. The SMILES string of the molecule is CCCC=CC(O)CC[C@H]1CC[C@H](O)[C@@H]1CCCCOCC(=O)O. The molecular formula is C19H34O5. The minimum Gasteiger partial charge on any atom is -0.480 e. The Balaban J connectivity index is 2.22. The van der Waals surface area contributed by atoms with Gasteiger partial charge in [-0.05, 0) is 56.8 Å². The predicted molar refractivity (Wildman–Crippen MR) is 93.8 cm³/mol. The highest BCUT2D eigenvalue weighted by Crippen LogP contribution is 2.38. The van der Waals surface area contributed by atoms with Crippen LogP contribution in [0.4, 0.5) is 0 Å². The van der Waals surface area contributed by atoms with Crippen LogP contribution in [0.25, 0.3) is 0 Å². The molecule has 1 saturated carbocycles. The zero-order chi connectivity index (χ0) is 17.8. The summed E-state index contributed by atoms with van der Waals surface area (Å²) in [4.78, 5) is 10.4. The molecule has 0 bridgehead atoms. The molecule has 1 fully saturated rings. The molecule has 24 heavy (non-hydrogen) atoms. The first kappa shape index (κ1) is 21.1. The maximum atomic E-state index is 10.4. The summed E-state index contributed by atoms with van der Waals surface area (Å²) >= 11 is 0. The number of allylic oxidation sites excluding steroid dienone is 1. The molecule has 0 saturated heterocycles. The molecular weight excluding hydrogens is 308 g/mol. The van der Waals surface area contributed by atoms with E-state index in [9.17, 15) is 15.0 Å². The summed E-state index contributed by atoms with van der Waals surface area (Å²) in [6.07, 6.45) is 11.7. The van der Waals surface area contributed by atoms with Gasteiger partial charge in [0.1, 0.15) is 6.61 Å². The summed E-state index contributed by atoms with van der Waals surface area (Å²) in [7, 11) is 0. The van der Waals surface area contributed by atoms with Gasteiger partial charge in [-0.2, -0.15) is 0 Å². The Labute approximate surface area is 145 Å². The van der Waals surface area contributed by atoms with E-state index >= 15 is 0 Å². The topological polar surface area (TPSA) is 87.0 Å². The lowest BCUT2D eigenvalue weighted by molar-refractivity contribution is -0.142. The van der Waals surface area contributed by atoms with Crippen LogP contribution in [0, 0.1) is 11.8 Å². The Kier molecular flexibility index (Phi) is 11.0. The van der Waals surface area contributed by atoms with Crippen LogP contribution in [0.5, 0.6) is 0 Å². The highest BCUT2D eigenvalue weighted by molar-refractivity contribution is 5.67. The molecule has 0 aliphatic heterocycles. The van der Waals surface area contributed by atoms with Gasteiger partial charge < -0.3 is 20.1 Å². The first-order valence-electron chi connectivity index (χ1n) is 9.36. The largest absolute Gasteiger partial charge is 0.480 e. The maximum absolute atomic E-state index is 10.4. The number of unbranched alkanes of at least 4 members (excludes halogenated alkanes) is 2. The molecule has 0 spiro atoms. The Morgan fingerprint density at radius 2 is 2.08 bits per heavy atom. The second kappa shape index (κ2) is 12.5. The molecule has 140 valence electrons. The van der Waals surface area contributed by atoms with Crippen molar-refractivity contribution in [3.63, 3.8) is 0 Å². The molecule has 0 aromatic heterocycles. The highest BCUT2D eigenvalue weighted by atomic mass is 16.5. The first-order valence-corrected chi connectivity index (χ1v) is 9.36. The average Bonchev–Trinajstić information content (AvgIpc) is 2.89. The molecule has 0 heterocycles. The molecule has 5 heteroatoms. The number of carboxylic acid groups (broad SMARTS) is 1. The van der Waals surface area contributed by atoms with Crippen molar-refractivity contribution in [3.8, 4) is 0 Å². The zero-order valence-corrected chi connectivity index (χ0v) is 14.9. The summed E-state index contributed by atoms with van der Waals surface area (Å²) in [5.41, 5.74) is 0. The van der Waals surface area contributed by atoms with E-state index in [-0.39, 0.29) is 18.8 Å². The summed E-state index contributed by atoms with van der Waals surface area (Å²) in [5, 5.41) is 28.7. The van der Waals surface area contributed by atoms with E-state index < -0.39 is 5.97 Å². The summed E-state index contributed by atoms with van der Waals surface area (Å²) < 4.78 is 5.04. The van der Waals surface area contributed by atoms with Gasteiger partial charge in [0.25, 0.3) is 0 Å². The van der Waals surface area contributed by atoms with E-state index in [1.807, 2.05) is 12.2 Å². The number of aliphatic hydroxyl groups is 2. The number of carbonyl (C=O) groups is 1. The fraction of sp³-hybridized carbons (Fsp3) is 0.842. The summed E-state index contributed by atoms with van der Waals surface area (Å²) in [6.45, 7) is 2.34. The average molecular weight is 342 g/mol. The van der Waals surface area contributed by atoms with Crippen molar-refractivity contribution in [2.45, 2.75) is 76.9 Å². The van der Waals surface area contributed by atoms with Gasteiger partial charge in [-0.3, -0.25) is 0 Å². The molecule has 1 aliphatic rings. The molecule has 1 aliphatic carbocycles. The Bertz CT molecular complexity index is 369. The van der Waals surface area contributed by atoms with Crippen molar-refractivity contribution in [3.05, 3.63) is 12.2 Å². The zero-order valence-electron chi connectivity index (χ0n) is 14.9. The third-order valence-corrected chi connectivity index (χ3v) is 4.88. The third kappa shape index (κ3) is 8.81. The van der Waals surface area contributed by atoms with Gasteiger partial charge in [-0.25, -0.2) is 4.79 Å². The van der Waals surface area contributed by atoms with Gasteiger partial charge in [0, 0.05) is 6.61 Å². The number of hydrogen-bond acceptors (Lipinski definition) is 4. The lowest BCUT2D eigenvalue weighted by Crippen LogP contribution is -2.20. The number of aliphatic carboxylic acids is 1. The van der Waals surface area contributed by atoms with Crippen molar-refractivity contribution in [1.82, 2.24) is 0 Å². The minimum absolute atomic E-state index is 0.234. The second-order valence-electron chi connectivity index (χ2n) is 6.87. The predicted octanol–water partition coefficient (Wildman–Crippen LogP) is 3.14. The Morgan fingerprint density at radius 1 is 1.29 bits per heavy atom. The molecule has 0 aromatic carbocycles.